The molecule has 0 bridgehead atoms. The topological polar surface area (TPSA) is 30.5 Å². The minimum absolute atomic E-state index is 0.717. The van der Waals surface area contributed by atoms with E-state index in [-0.39, 0.29) is 0 Å². The first-order chi connectivity index (χ1) is 8.27. The maximum Gasteiger partial charge on any atom is 0.165 e. The van der Waals surface area contributed by atoms with Gasteiger partial charge in [-0.15, -0.1) is 0 Å². The summed E-state index contributed by atoms with van der Waals surface area (Å²) >= 11 is 3.32. The Morgan fingerprint density at radius 3 is 3.00 bits per heavy atom. The first kappa shape index (κ1) is 12.5. The van der Waals surface area contributed by atoms with Gasteiger partial charge >= 0.3 is 0 Å². The molecule has 0 radical (unpaired) electrons. The van der Waals surface area contributed by atoms with Crippen molar-refractivity contribution in [2.75, 3.05) is 19.8 Å². The predicted octanol–water partition coefficient (Wildman–Crippen LogP) is 2.85. The van der Waals surface area contributed by atoms with Gasteiger partial charge in [0.1, 0.15) is 0 Å². The van der Waals surface area contributed by atoms with Crippen molar-refractivity contribution in [3.63, 3.8) is 0 Å². The van der Waals surface area contributed by atoms with E-state index < -0.39 is 0 Å². The number of halogens is 1. The van der Waals surface area contributed by atoms with Crippen LogP contribution >= 0.6 is 15.9 Å². The van der Waals surface area contributed by atoms with Crippen molar-refractivity contribution in [1.82, 2.24) is 5.32 Å². The lowest BCUT2D eigenvalue weighted by molar-refractivity contribution is 0.296. The Morgan fingerprint density at radius 2 is 2.18 bits per heavy atom. The lowest BCUT2D eigenvalue weighted by Crippen LogP contribution is -2.15. The lowest BCUT2D eigenvalue weighted by Gasteiger charge is -2.12. The molecule has 0 amide bonds. The van der Waals surface area contributed by atoms with Crippen molar-refractivity contribution in [3.05, 3.63) is 34.8 Å². The number of nitrogens with one attached hydrogen (secondary N) is 1. The van der Waals surface area contributed by atoms with Crippen molar-refractivity contribution in [3.8, 4) is 11.5 Å². The number of hydrogen-bond donors (Lipinski definition) is 1. The fourth-order valence-electron chi connectivity index (χ4n) is 1.73. The molecule has 1 aromatic carbocycles. The summed E-state index contributed by atoms with van der Waals surface area (Å²) < 4.78 is 12.3. The van der Waals surface area contributed by atoms with Crippen molar-refractivity contribution in [2.45, 2.75) is 13.0 Å². The van der Waals surface area contributed by atoms with Crippen LogP contribution in [0.3, 0.4) is 0 Å². The number of para-hydroxylation sites is 1. The van der Waals surface area contributed by atoms with Crippen LogP contribution in [-0.2, 0) is 6.54 Å². The number of rotatable bonds is 4. The predicted molar refractivity (Wildman–Crippen MR) is 71.8 cm³/mol. The van der Waals surface area contributed by atoms with E-state index in [1.54, 1.807) is 0 Å². The molecule has 92 valence electrons. The molecular formula is C13H16BrNO2. The van der Waals surface area contributed by atoms with E-state index in [1.165, 1.54) is 0 Å². The van der Waals surface area contributed by atoms with E-state index in [2.05, 4.69) is 33.9 Å². The van der Waals surface area contributed by atoms with Gasteiger partial charge in [0.25, 0.3) is 0 Å². The molecule has 0 aromatic heterocycles. The molecule has 0 fully saturated rings. The fraction of sp³-hybridized carbons (Fsp3) is 0.385. The number of benzene rings is 1. The van der Waals surface area contributed by atoms with Crippen LogP contribution in [0.2, 0.25) is 0 Å². The number of ether oxygens (including phenoxy) is 2. The summed E-state index contributed by atoms with van der Waals surface area (Å²) in [7, 11) is 0. The summed E-state index contributed by atoms with van der Waals surface area (Å²) in [6, 6.07) is 6.00. The Hall–Kier alpha value is -1.00. The summed E-state index contributed by atoms with van der Waals surface area (Å²) in [5.74, 6) is 1.72. The average Bonchev–Trinajstić information content (AvgIpc) is 2.54. The van der Waals surface area contributed by atoms with Crippen LogP contribution < -0.4 is 14.8 Å². The molecule has 3 nitrogen and oxygen atoms in total. The van der Waals surface area contributed by atoms with Crippen LogP contribution in [0.5, 0.6) is 11.5 Å². The summed E-state index contributed by atoms with van der Waals surface area (Å²) in [5, 5.41) is 3.29. The highest BCUT2D eigenvalue weighted by molar-refractivity contribution is 9.11. The van der Waals surface area contributed by atoms with E-state index in [4.69, 9.17) is 9.47 Å². The largest absolute Gasteiger partial charge is 0.490 e. The van der Waals surface area contributed by atoms with Gasteiger partial charge in [0.05, 0.1) is 13.2 Å². The SMILES string of the molecule is C=C(Br)CNCc1cccc2c1OCCCO2. The highest BCUT2D eigenvalue weighted by Crippen LogP contribution is 2.33. The molecule has 0 saturated carbocycles. The van der Waals surface area contributed by atoms with Crippen molar-refractivity contribution in [1.29, 1.82) is 0 Å². The van der Waals surface area contributed by atoms with Crippen molar-refractivity contribution >= 4 is 15.9 Å². The van der Waals surface area contributed by atoms with Crippen LogP contribution in [0, 0.1) is 0 Å². The molecule has 0 unspecified atom stereocenters. The molecule has 0 saturated heterocycles. The van der Waals surface area contributed by atoms with E-state index in [1.807, 2.05) is 12.1 Å². The molecule has 1 aliphatic rings. The molecule has 1 heterocycles. The van der Waals surface area contributed by atoms with Gasteiger partial charge in [0, 0.05) is 29.6 Å². The third-order valence-corrected chi connectivity index (χ3v) is 2.77. The second kappa shape index (κ2) is 6.07. The minimum atomic E-state index is 0.717. The molecule has 2 rings (SSSR count). The highest BCUT2D eigenvalue weighted by Gasteiger charge is 2.13. The van der Waals surface area contributed by atoms with Gasteiger partial charge in [-0.25, -0.2) is 0 Å². The molecule has 0 spiro atoms. The Kier molecular flexibility index (Phi) is 4.45. The zero-order chi connectivity index (χ0) is 12.1. The Balaban J connectivity index is 2.08. The second-order valence-electron chi connectivity index (χ2n) is 3.92. The van der Waals surface area contributed by atoms with E-state index >= 15 is 0 Å². The number of hydrogen-bond acceptors (Lipinski definition) is 3. The van der Waals surface area contributed by atoms with Crippen LogP contribution in [0.1, 0.15) is 12.0 Å². The monoisotopic (exact) mass is 297 g/mol. The molecule has 17 heavy (non-hydrogen) atoms. The maximum absolute atomic E-state index is 5.74. The zero-order valence-corrected chi connectivity index (χ0v) is 11.3. The first-order valence-electron chi connectivity index (χ1n) is 5.69. The Bertz CT molecular complexity index is 406. The normalized spacial score (nSPS) is 14.2. The van der Waals surface area contributed by atoms with Crippen LogP contribution in [0.4, 0.5) is 0 Å². The second-order valence-corrected chi connectivity index (χ2v) is 5.04. The lowest BCUT2D eigenvalue weighted by atomic mass is 10.2. The summed E-state index contributed by atoms with van der Waals surface area (Å²) in [6.45, 7) is 6.72. The molecule has 0 atom stereocenters. The molecule has 0 aliphatic carbocycles. The smallest absolute Gasteiger partial charge is 0.165 e. The molecule has 4 heteroatoms. The van der Waals surface area contributed by atoms with Gasteiger partial charge < -0.3 is 14.8 Å². The van der Waals surface area contributed by atoms with E-state index in [9.17, 15) is 0 Å². The third kappa shape index (κ3) is 3.48. The van der Waals surface area contributed by atoms with E-state index in [0.717, 1.165) is 54.3 Å². The summed E-state index contributed by atoms with van der Waals surface area (Å²) in [5.41, 5.74) is 1.12. The molecule has 1 N–H and O–H groups in total. The quantitative estimate of drug-likeness (QED) is 0.927. The van der Waals surface area contributed by atoms with Gasteiger partial charge in [0.2, 0.25) is 0 Å². The zero-order valence-electron chi connectivity index (χ0n) is 9.67. The molecule has 1 aliphatic heterocycles. The van der Waals surface area contributed by atoms with Gasteiger partial charge in [-0.3, -0.25) is 0 Å². The maximum atomic E-state index is 5.74. The molecule has 1 aromatic rings. The summed E-state index contributed by atoms with van der Waals surface area (Å²) in [4.78, 5) is 0. The van der Waals surface area contributed by atoms with Crippen molar-refractivity contribution < 1.29 is 9.47 Å². The Labute approximate surface area is 110 Å². The molecular weight excluding hydrogens is 282 g/mol. The standard InChI is InChI=1S/C13H16BrNO2/c1-10(14)8-15-9-11-4-2-5-12-13(11)17-7-3-6-16-12/h2,4-5,15H,1,3,6-9H2. The van der Waals surface area contributed by atoms with Crippen LogP contribution in [-0.4, -0.2) is 19.8 Å². The van der Waals surface area contributed by atoms with Gasteiger partial charge in [-0.1, -0.05) is 34.6 Å². The first-order valence-corrected chi connectivity index (χ1v) is 6.48. The summed E-state index contributed by atoms with van der Waals surface area (Å²) in [6.07, 6.45) is 0.930. The van der Waals surface area contributed by atoms with Crippen LogP contribution in [0.15, 0.2) is 29.3 Å². The third-order valence-electron chi connectivity index (χ3n) is 2.49. The van der Waals surface area contributed by atoms with Gasteiger partial charge in [-0.2, -0.15) is 0 Å². The number of fused-ring (bicyclic) bond motifs is 1. The van der Waals surface area contributed by atoms with Gasteiger partial charge in [0.15, 0.2) is 11.5 Å². The van der Waals surface area contributed by atoms with E-state index in [0.29, 0.717) is 0 Å². The van der Waals surface area contributed by atoms with Crippen LogP contribution in [0.25, 0.3) is 0 Å². The average molecular weight is 298 g/mol. The van der Waals surface area contributed by atoms with Gasteiger partial charge in [-0.05, 0) is 6.07 Å². The Morgan fingerprint density at radius 1 is 1.35 bits per heavy atom. The minimum Gasteiger partial charge on any atom is -0.490 e. The highest BCUT2D eigenvalue weighted by atomic mass is 79.9. The van der Waals surface area contributed by atoms with Crippen molar-refractivity contribution in [2.24, 2.45) is 0 Å². The fourth-order valence-corrected chi connectivity index (χ4v) is 1.92.